The molecule has 4 nitrogen and oxygen atoms in total. The van der Waals surface area contributed by atoms with Crippen molar-refractivity contribution in [3.05, 3.63) is 34.3 Å². The van der Waals surface area contributed by atoms with Crippen molar-refractivity contribution in [3.63, 3.8) is 0 Å². The summed E-state index contributed by atoms with van der Waals surface area (Å²) in [6.45, 7) is 1.51. The van der Waals surface area contributed by atoms with E-state index < -0.39 is 10.0 Å². The fourth-order valence-electron chi connectivity index (χ4n) is 2.56. The highest BCUT2D eigenvalue weighted by molar-refractivity contribution is 9.10. The SMILES string of the molecule is NS(=O)(=O)CCN1CCC[C@H]1Cc1ccc(Br)cc1. The number of nitrogens with two attached hydrogens (primary N) is 1. The quantitative estimate of drug-likeness (QED) is 0.883. The number of hydrogen-bond donors (Lipinski definition) is 1. The summed E-state index contributed by atoms with van der Waals surface area (Å²) in [5.74, 6) is 0.0455. The van der Waals surface area contributed by atoms with E-state index in [1.54, 1.807) is 0 Å². The maximum atomic E-state index is 11.0. The van der Waals surface area contributed by atoms with Crippen LogP contribution >= 0.6 is 15.9 Å². The summed E-state index contributed by atoms with van der Waals surface area (Å²) in [5, 5.41) is 5.07. The molecule has 1 saturated heterocycles. The Morgan fingerprint density at radius 2 is 2.00 bits per heavy atom. The van der Waals surface area contributed by atoms with Crippen molar-refractivity contribution in [3.8, 4) is 0 Å². The third-order valence-electron chi connectivity index (χ3n) is 3.55. The van der Waals surface area contributed by atoms with Crippen LogP contribution in [0.15, 0.2) is 28.7 Å². The predicted octanol–water partition coefficient (Wildman–Crippen LogP) is 1.74. The van der Waals surface area contributed by atoms with Gasteiger partial charge in [-0.15, -0.1) is 0 Å². The lowest BCUT2D eigenvalue weighted by Gasteiger charge is -2.24. The van der Waals surface area contributed by atoms with Gasteiger partial charge in [0.1, 0.15) is 0 Å². The van der Waals surface area contributed by atoms with Gasteiger partial charge in [-0.3, -0.25) is 4.90 Å². The lowest BCUT2D eigenvalue weighted by atomic mass is 10.0. The van der Waals surface area contributed by atoms with E-state index in [4.69, 9.17) is 5.14 Å². The molecule has 2 rings (SSSR count). The van der Waals surface area contributed by atoms with Gasteiger partial charge in [0.25, 0.3) is 0 Å². The van der Waals surface area contributed by atoms with E-state index in [1.165, 1.54) is 5.56 Å². The largest absolute Gasteiger partial charge is 0.299 e. The summed E-state index contributed by atoms with van der Waals surface area (Å²) in [6.07, 6.45) is 3.23. The maximum Gasteiger partial charge on any atom is 0.210 e. The molecule has 1 aliphatic rings. The van der Waals surface area contributed by atoms with E-state index in [9.17, 15) is 8.42 Å². The maximum absolute atomic E-state index is 11.0. The normalized spacial score (nSPS) is 20.8. The molecule has 1 fully saturated rings. The van der Waals surface area contributed by atoms with Gasteiger partial charge in [-0.25, -0.2) is 13.6 Å². The molecule has 1 atom stereocenters. The average molecular weight is 347 g/mol. The summed E-state index contributed by atoms with van der Waals surface area (Å²) in [7, 11) is -3.36. The van der Waals surface area contributed by atoms with Crippen LogP contribution in [0.4, 0.5) is 0 Å². The third kappa shape index (κ3) is 4.87. The molecule has 0 amide bonds. The van der Waals surface area contributed by atoms with Gasteiger partial charge in [0.15, 0.2) is 0 Å². The number of likely N-dealkylation sites (tertiary alicyclic amines) is 1. The lowest BCUT2D eigenvalue weighted by Crippen LogP contribution is -2.36. The van der Waals surface area contributed by atoms with Crippen LogP contribution < -0.4 is 5.14 Å². The standard InChI is InChI=1S/C13H19BrN2O2S/c14-12-5-3-11(4-6-12)10-13-2-1-7-16(13)8-9-19(15,17)18/h3-6,13H,1-2,7-10H2,(H2,15,17,18)/t13-/m0/s1. The Morgan fingerprint density at radius 1 is 1.32 bits per heavy atom. The lowest BCUT2D eigenvalue weighted by molar-refractivity contribution is 0.267. The molecule has 0 aliphatic carbocycles. The second-order valence-electron chi connectivity index (χ2n) is 5.03. The molecule has 6 heteroatoms. The minimum atomic E-state index is -3.36. The highest BCUT2D eigenvalue weighted by atomic mass is 79.9. The topological polar surface area (TPSA) is 63.4 Å². The highest BCUT2D eigenvalue weighted by Gasteiger charge is 2.25. The molecule has 0 saturated carbocycles. The first-order valence-electron chi connectivity index (χ1n) is 6.43. The van der Waals surface area contributed by atoms with Crippen LogP contribution in [0.25, 0.3) is 0 Å². The Kier molecular flexibility index (Phi) is 5.00. The second kappa shape index (κ2) is 6.35. The smallest absolute Gasteiger partial charge is 0.210 e. The summed E-state index contributed by atoms with van der Waals surface area (Å²) in [4.78, 5) is 2.24. The summed E-state index contributed by atoms with van der Waals surface area (Å²) >= 11 is 3.43. The van der Waals surface area contributed by atoms with E-state index in [0.717, 1.165) is 30.3 Å². The Hall–Kier alpha value is -0.430. The van der Waals surface area contributed by atoms with Crippen molar-refractivity contribution in [2.45, 2.75) is 25.3 Å². The van der Waals surface area contributed by atoms with Crippen LogP contribution in [0.2, 0.25) is 0 Å². The number of primary sulfonamides is 1. The molecular formula is C13H19BrN2O2S. The van der Waals surface area contributed by atoms with Crippen LogP contribution in [-0.4, -0.2) is 38.2 Å². The van der Waals surface area contributed by atoms with Gasteiger partial charge in [-0.1, -0.05) is 28.1 Å². The van der Waals surface area contributed by atoms with Gasteiger partial charge in [0.2, 0.25) is 10.0 Å². The molecule has 19 heavy (non-hydrogen) atoms. The molecule has 0 aromatic heterocycles. The Labute approximate surface area is 123 Å². The molecular weight excluding hydrogens is 328 g/mol. The third-order valence-corrected chi connectivity index (χ3v) is 4.83. The molecule has 1 aliphatic heterocycles. The van der Waals surface area contributed by atoms with Gasteiger partial charge >= 0.3 is 0 Å². The summed E-state index contributed by atoms with van der Waals surface area (Å²) in [5.41, 5.74) is 1.29. The fourth-order valence-corrected chi connectivity index (χ4v) is 3.31. The van der Waals surface area contributed by atoms with Crippen molar-refractivity contribution in [2.24, 2.45) is 5.14 Å². The summed E-state index contributed by atoms with van der Waals surface area (Å²) < 4.78 is 23.2. The number of rotatable bonds is 5. The predicted molar refractivity (Wildman–Crippen MR) is 80.4 cm³/mol. The fraction of sp³-hybridized carbons (Fsp3) is 0.538. The molecule has 0 spiro atoms. The number of sulfonamides is 1. The van der Waals surface area contributed by atoms with Crippen LogP contribution in [-0.2, 0) is 16.4 Å². The monoisotopic (exact) mass is 346 g/mol. The molecule has 0 bridgehead atoms. The first kappa shape index (κ1) is 15.0. The molecule has 1 heterocycles. The minimum Gasteiger partial charge on any atom is -0.299 e. The van der Waals surface area contributed by atoms with Crippen LogP contribution in [0.5, 0.6) is 0 Å². The summed E-state index contributed by atoms with van der Waals surface area (Å²) in [6, 6.07) is 8.74. The van der Waals surface area contributed by atoms with E-state index in [2.05, 4.69) is 33.0 Å². The molecule has 0 unspecified atom stereocenters. The highest BCUT2D eigenvalue weighted by Crippen LogP contribution is 2.21. The average Bonchev–Trinajstić information content (AvgIpc) is 2.76. The van der Waals surface area contributed by atoms with Crippen molar-refractivity contribution in [1.29, 1.82) is 0 Å². The molecule has 1 aromatic rings. The van der Waals surface area contributed by atoms with Gasteiger partial charge < -0.3 is 0 Å². The molecule has 1 aromatic carbocycles. The zero-order valence-electron chi connectivity index (χ0n) is 10.8. The van der Waals surface area contributed by atoms with Crippen molar-refractivity contribution >= 4 is 26.0 Å². The van der Waals surface area contributed by atoms with E-state index in [0.29, 0.717) is 12.6 Å². The Balaban J connectivity index is 1.93. The Morgan fingerprint density at radius 3 is 2.63 bits per heavy atom. The number of halogens is 1. The molecule has 0 radical (unpaired) electrons. The Bertz CT molecular complexity index is 516. The number of nitrogens with zero attached hydrogens (tertiary/aromatic N) is 1. The van der Waals surface area contributed by atoms with Gasteiger partial charge in [-0.05, 0) is 43.5 Å². The van der Waals surface area contributed by atoms with Crippen LogP contribution in [0.1, 0.15) is 18.4 Å². The van der Waals surface area contributed by atoms with Crippen molar-refractivity contribution < 1.29 is 8.42 Å². The van der Waals surface area contributed by atoms with Gasteiger partial charge in [-0.2, -0.15) is 0 Å². The van der Waals surface area contributed by atoms with E-state index >= 15 is 0 Å². The first-order chi connectivity index (χ1) is 8.94. The van der Waals surface area contributed by atoms with Crippen molar-refractivity contribution in [1.82, 2.24) is 4.90 Å². The second-order valence-corrected chi connectivity index (χ2v) is 7.68. The van der Waals surface area contributed by atoms with Gasteiger partial charge in [0, 0.05) is 17.1 Å². The number of hydrogen-bond acceptors (Lipinski definition) is 3. The van der Waals surface area contributed by atoms with E-state index in [-0.39, 0.29) is 5.75 Å². The minimum absolute atomic E-state index is 0.0455. The molecule has 2 N–H and O–H groups in total. The van der Waals surface area contributed by atoms with Crippen LogP contribution in [0.3, 0.4) is 0 Å². The van der Waals surface area contributed by atoms with E-state index in [1.807, 2.05) is 12.1 Å². The first-order valence-corrected chi connectivity index (χ1v) is 8.94. The van der Waals surface area contributed by atoms with Crippen LogP contribution in [0, 0.1) is 0 Å². The zero-order chi connectivity index (χ0) is 13.9. The van der Waals surface area contributed by atoms with Crippen molar-refractivity contribution in [2.75, 3.05) is 18.8 Å². The van der Waals surface area contributed by atoms with Gasteiger partial charge in [0.05, 0.1) is 5.75 Å². The zero-order valence-corrected chi connectivity index (χ0v) is 13.2. The number of benzene rings is 1. The molecule has 106 valence electrons.